The zero-order valence-electron chi connectivity index (χ0n) is 19.7. The predicted octanol–water partition coefficient (Wildman–Crippen LogP) is 7.20. The van der Waals surface area contributed by atoms with Crippen molar-refractivity contribution in [1.82, 2.24) is 0 Å². The van der Waals surface area contributed by atoms with Gasteiger partial charge in [-0.25, -0.2) is 0 Å². The maximum absolute atomic E-state index is 6.66. The Labute approximate surface area is 206 Å². The van der Waals surface area contributed by atoms with Gasteiger partial charge in [0, 0.05) is 66.4 Å². The summed E-state index contributed by atoms with van der Waals surface area (Å²) in [6.45, 7) is 12.6. The number of ether oxygens (including phenoxy) is 1. The number of hydrogen-bond acceptors (Lipinski definition) is 5. The van der Waals surface area contributed by atoms with Crippen LogP contribution in [0.2, 0.25) is 0 Å². The van der Waals surface area contributed by atoms with E-state index in [0.29, 0.717) is 0 Å². The van der Waals surface area contributed by atoms with Crippen molar-refractivity contribution in [2.45, 2.75) is 32.4 Å². The standard InChI is InChI=1S/C28H30N2OS2/c1-5-29(6-2)19-13-15-23-25(17-19)31-26-18-20(30(7-3)8-4)14-16-24(26)28(23)22-12-10-9-11-21(22)27(32)33-28/h9-18H,5-8H2,1-4H3. The maximum atomic E-state index is 6.66. The van der Waals surface area contributed by atoms with Gasteiger partial charge < -0.3 is 14.5 Å². The second kappa shape index (κ2) is 8.69. The Bertz CT molecular complexity index is 1150. The fourth-order valence-electron chi connectivity index (χ4n) is 5.22. The first kappa shape index (κ1) is 22.3. The van der Waals surface area contributed by atoms with Gasteiger partial charge in [0.1, 0.15) is 16.2 Å². The molecule has 3 nitrogen and oxygen atoms in total. The molecule has 5 heteroatoms. The lowest BCUT2D eigenvalue weighted by molar-refractivity contribution is 0.448. The zero-order valence-corrected chi connectivity index (χ0v) is 21.4. The second-order valence-corrected chi connectivity index (χ2v) is 10.3. The maximum Gasteiger partial charge on any atom is 0.134 e. The number of rotatable bonds is 6. The Balaban J connectivity index is 1.76. The number of nitrogens with zero attached hydrogens (tertiary/aromatic N) is 2. The predicted molar refractivity (Wildman–Crippen MR) is 146 cm³/mol. The number of fused-ring (bicyclic) bond motifs is 6. The van der Waals surface area contributed by atoms with Gasteiger partial charge in [-0.3, -0.25) is 0 Å². The molecule has 0 amide bonds. The summed E-state index contributed by atoms with van der Waals surface area (Å²) in [5, 5.41) is 0. The summed E-state index contributed by atoms with van der Waals surface area (Å²) < 4.78 is 7.22. The molecule has 0 saturated heterocycles. The molecule has 0 saturated carbocycles. The molecular weight excluding hydrogens is 444 g/mol. The smallest absolute Gasteiger partial charge is 0.134 e. The minimum absolute atomic E-state index is 0.389. The molecule has 0 radical (unpaired) electrons. The topological polar surface area (TPSA) is 15.7 Å². The summed E-state index contributed by atoms with van der Waals surface area (Å²) in [6, 6.07) is 22.0. The molecule has 3 aromatic carbocycles. The van der Waals surface area contributed by atoms with Crippen LogP contribution in [0, 0.1) is 0 Å². The van der Waals surface area contributed by atoms with E-state index in [-0.39, 0.29) is 4.75 Å². The van der Waals surface area contributed by atoms with Gasteiger partial charge in [-0.2, -0.15) is 0 Å². The van der Waals surface area contributed by atoms with Crippen molar-refractivity contribution in [3.05, 3.63) is 82.9 Å². The van der Waals surface area contributed by atoms with Crippen molar-refractivity contribution in [3.8, 4) is 11.5 Å². The second-order valence-electron chi connectivity index (χ2n) is 8.42. The molecule has 2 aliphatic heterocycles. The first-order valence-corrected chi connectivity index (χ1v) is 13.1. The van der Waals surface area contributed by atoms with Crippen LogP contribution < -0.4 is 14.5 Å². The van der Waals surface area contributed by atoms with Gasteiger partial charge in [0.15, 0.2) is 0 Å². The lowest BCUT2D eigenvalue weighted by Crippen LogP contribution is -2.29. The lowest BCUT2D eigenvalue weighted by atomic mass is 9.80. The average Bonchev–Trinajstić information content (AvgIpc) is 3.13. The molecule has 0 bridgehead atoms. The normalized spacial score (nSPS) is 15.0. The van der Waals surface area contributed by atoms with Crippen molar-refractivity contribution in [1.29, 1.82) is 0 Å². The lowest BCUT2D eigenvalue weighted by Gasteiger charge is -2.38. The summed E-state index contributed by atoms with van der Waals surface area (Å²) in [4.78, 5) is 4.72. The quantitative estimate of drug-likeness (QED) is 0.350. The minimum Gasteiger partial charge on any atom is -0.456 e. The van der Waals surface area contributed by atoms with Crippen molar-refractivity contribution in [2.75, 3.05) is 36.0 Å². The molecule has 2 aliphatic rings. The van der Waals surface area contributed by atoms with Crippen LogP contribution in [0.4, 0.5) is 11.4 Å². The first-order chi connectivity index (χ1) is 16.1. The van der Waals surface area contributed by atoms with Gasteiger partial charge >= 0.3 is 0 Å². The average molecular weight is 475 g/mol. The Morgan fingerprint density at radius 1 is 0.727 bits per heavy atom. The molecule has 0 fully saturated rings. The van der Waals surface area contributed by atoms with Gasteiger partial charge in [0.05, 0.1) is 4.20 Å². The summed E-state index contributed by atoms with van der Waals surface area (Å²) in [7, 11) is 0. The van der Waals surface area contributed by atoms with Crippen LogP contribution >= 0.6 is 24.0 Å². The van der Waals surface area contributed by atoms with Crippen LogP contribution in [0.5, 0.6) is 11.5 Å². The van der Waals surface area contributed by atoms with Crippen LogP contribution in [-0.2, 0) is 4.75 Å². The van der Waals surface area contributed by atoms with Gasteiger partial charge in [-0.15, -0.1) is 0 Å². The summed E-state index contributed by atoms with van der Waals surface area (Å²) in [5.74, 6) is 1.85. The molecule has 0 aromatic heterocycles. The summed E-state index contributed by atoms with van der Waals surface area (Å²) in [5.41, 5.74) is 7.17. The van der Waals surface area contributed by atoms with E-state index in [1.807, 2.05) is 0 Å². The van der Waals surface area contributed by atoms with Gasteiger partial charge in [0.25, 0.3) is 0 Å². The monoisotopic (exact) mass is 474 g/mol. The van der Waals surface area contributed by atoms with E-state index >= 15 is 0 Å². The minimum atomic E-state index is -0.389. The summed E-state index contributed by atoms with van der Waals surface area (Å²) in [6.07, 6.45) is 0. The number of anilines is 2. The van der Waals surface area contributed by atoms with Crippen LogP contribution in [0.3, 0.4) is 0 Å². The third-order valence-corrected chi connectivity index (χ3v) is 8.78. The Hall–Kier alpha value is -2.50. The van der Waals surface area contributed by atoms with E-state index in [4.69, 9.17) is 17.0 Å². The van der Waals surface area contributed by atoms with E-state index in [1.165, 1.54) is 28.1 Å². The van der Waals surface area contributed by atoms with Crippen LogP contribution in [-0.4, -0.2) is 30.4 Å². The highest BCUT2D eigenvalue weighted by molar-refractivity contribution is 8.25. The van der Waals surface area contributed by atoms with E-state index < -0.39 is 0 Å². The number of hydrogen-bond donors (Lipinski definition) is 0. The third kappa shape index (κ3) is 3.36. The highest BCUT2D eigenvalue weighted by atomic mass is 32.2. The molecular formula is C28H30N2OS2. The van der Waals surface area contributed by atoms with E-state index in [0.717, 1.165) is 47.4 Å². The van der Waals surface area contributed by atoms with E-state index in [1.54, 1.807) is 11.8 Å². The molecule has 0 atom stereocenters. The van der Waals surface area contributed by atoms with Crippen LogP contribution in [0.15, 0.2) is 60.7 Å². The third-order valence-electron chi connectivity index (χ3n) is 6.94. The highest BCUT2D eigenvalue weighted by Gasteiger charge is 2.50. The molecule has 1 spiro atoms. The first-order valence-electron chi connectivity index (χ1n) is 11.9. The van der Waals surface area contributed by atoms with Crippen LogP contribution in [0.25, 0.3) is 0 Å². The van der Waals surface area contributed by atoms with Gasteiger partial charge in [-0.05, 0) is 45.4 Å². The molecule has 170 valence electrons. The Kier molecular flexibility index (Phi) is 5.87. The number of thiocarbonyl (C=S) groups is 1. The summed E-state index contributed by atoms with van der Waals surface area (Å²) >= 11 is 7.68. The SMILES string of the molecule is CCN(CC)c1ccc2c(c1)Oc1cc(N(CC)CC)ccc1C21SC(=S)c2ccccc21. The van der Waals surface area contributed by atoms with E-state index in [9.17, 15) is 0 Å². The van der Waals surface area contributed by atoms with Crippen LogP contribution in [0.1, 0.15) is 49.9 Å². The molecule has 3 aromatic rings. The van der Waals surface area contributed by atoms with Gasteiger partial charge in [-0.1, -0.05) is 60.4 Å². The fourth-order valence-corrected chi connectivity index (χ4v) is 7.19. The van der Waals surface area contributed by atoms with E-state index in [2.05, 4.69) is 98.2 Å². The molecule has 0 N–H and O–H groups in total. The van der Waals surface area contributed by atoms with Gasteiger partial charge in [0.2, 0.25) is 0 Å². The molecule has 0 unspecified atom stereocenters. The molecule has 0 aliphatic carbocycles. The highest BCUT2D eigenvalue weighted by Crippen LogP contribution is 2.63. The largest absolute Gasteiger partial charge is 0.456 e. The number of benzene rings is 3. The van der Waals surface area contributed by atoms with Crippen molar-refractivity contribution < 1.29 is 4.74 Å². The Morgan fingerprint density at radius 2 is 1.24 bits per heavy atom. The molecule has 5 rings (SSSR count). The number of thioether (sulfide) groups is 1. The zero-order chi connectivity index (χ0) is 23.2. The van der Waals surface area contributed by atoms with Crippen molar-refractivity contribution >= 4 is 39.6 Å². The van der Waals surface area contributed by atoms with Crippen molar-refractivity contribution in [2.24, 2.45) is 0 Å². The Morgan fingerprint density at radius 3 is 1.76 bits per heavy atom. The fraction of sp³-hybridized carbons (Fsp3) is 0.321. The van der Waals surface area contributed by atoms with Crippen molar-refractivity contribution in [3.63, 3.8) is 0 Å². The molecule has 33 heavy (non-hydrogen) atoms. The molecule has 2 heterocycles.